The number of nitrogens with zero attached hydrogens (tertiary/aromatic N) is 1. The van der Waals surface area contributed by atoms with Crippen LogP contribution in [0.4, 0.5) is 14.9 Å². The second-order valence-corrected chi connectivity index (χ2v) is 7.14. The van der Waals surface area contributed by atoms with E-state index in [4.69, 9.17) is 11.6 Å². The van der Waals surface area contributed by atoms with Gasteiger partial charge in [0.1, 0.15) is 12.1 Å². The summed E-state index contributed by atoms with van der Waals surface area (Å²) >= 11 is 5.67. The minimum atomic E-state index is -0.898. The number of anilines is 1. The number of nitrogens with one attached hydrogen (secondary N) is 2. The molecule has 0 bridgehead atoms. The number of urea groups is 1. The van der Waals surface area contributed by atoms with Crippen molar-refractivity contribution in [2.45, 2.75) is 38.1 Å². The van der Waals surface area contributed by atoms with E-state index in [-0.39, 0.29) is 16.6 Å². The van der Waals surface area contributed by atoms with Crippen LogP contribution >= 0.6 is 11.6 Å². The summed E-state index contributed by atoms with van der Waals surface area (Å²) in [7, 11) is 0. The molecule has 25 heavy (non-hydrogen) atoms. The first kappa shape index (κ1) is 17.7. The molecule has 1 saturated carbocycles. The molecule has 1 saturated heterocycles. The summed E-state index contributed by atoms with van der Waals surface area (Å²) in [6.45, 7) is 1.65. The number of carbonyl (C=O) groups is 3. The van der Waals surface area contributed by atoms with Crippen LogP contribution in [0, 0.1) is 11.7 Å². The lowest BCUT2D eigenvalue weighted by Crippen LogP contribution is -2.49. The van der Waals surface area contributed by atoms with Gasteiger partial charge in [-0.05, 0) is 43.7 Å². The van der Waals surface area contributed by atoms with E-state index in [1.165, 1.54) is 18.2 Å². The SMILES string of the molecule is CC1CCC2(CC1)NC(=O)N(CC(=O)Nc1cccc(Cl)c1F)C2=O. The molecule has 2 fully saturated rings. The second kappa shape index (κ2) is 6.63. The van der Waals surface area contributed by atoms with E-state index >= 15 is 0 Å². The van der Waals surface area contributed by atoms with Crippen LogP contribution in [0.3, 0.4) is 0 Å². The number of hydrogen-bond donors (Lipinski definition) is 2. The quantitative estimate of drug-likeness (QED) is 0.806. The molecule has 134 valence electrons. The number of carbonyl (C=O) groups excluding carboxylic acids is 3. The van der Waals surface area contributed by atoms with Gasteiger partial charge in [0.15, 0.2) is 5.82 Å². The van der Waals surface area contributed by atoms with Crippen molar-refractivity contribution >= 4 is 35.1 Å². The second-order valence-electron chi connectivity index (χ2n) is 6.74. The van der Waals surface area contributed by atoms with E-state index in [1.54, 1.807) is 0 Å². The predicted molar refractivity (Wildman–Crippen MR) is 90.6 cm³/mol. The summed E-state index contributed by atoms with van der Waals surface area (Å²) in [5, 5.41) is 4.96. The molecule has 0 atom stereocenters. The standard InChI is InChI=1S/C17H19ClFN3O3/c1-10-5-7-17(8-6-10)15(24)22(16(25)21-17)9-13(23)20-12-4-2-3-11(18)14(12)19/h2-4,10H,5-9H2,1H3,(H,20,23)(H,21,25). The highest BCUT2D eigenvalue weighted by Crippen LogP contribution is 2.36. The Labute approximate surface area is 149 Å². The molecule has 3 rings (SSSR count). The fourth-order valence-electron chi connectivity index (χ4n) is 3.35. The monoisotopic (exact) mass is 367 g/mol. The van der Waals surface area contributed by atoms with E-state index < -0.39 is 29.8 Å². The largest absolute Gasteiger partial charge is 0.325 e. The number of rotatable bonds is 3. The maximum Gasteiger partial charge on any atom is 0.325 e. The average molecular weight is 368 g/mol. The Morgan fingerprint density at radius 2 is 2.08 bits per heavy atom. The van der Waals surface area contributed by atoms with E-state index in [9.17, 15) is 18.8 Å². The zero-order chi connectivity index (χ0) is 18.2. The summed E-state index contributed by atoms with van der Waals surface area (Å²) in [5.74, 6) is -1.29. The Balaban J connectivity index is 1.68. The van der Waals surface area contributed by atoms with Crippen LogP contribution in [-0.4, -0.2) is 34.8 Å². The molecule has 1 aromatic rings. The van der Waals surface area contributed by atoms with Crippen LogP contribution in [-0.2, 0) is 9.59 Å². The molecule has 2 aliphatic rings. The summed E-state index contributed by atoms with van der Waals surface area (Å²) < 4.78 is 13.8. The lowest BCUT2D eigenvalue weighted by atomic mass is 9.77. The van der Waals surface area contributed by atoms with Crippen molar-refractivity contribution in [1.29, 1.82) is 0 Å². The fourth-order valence-corrected chi connectivity index (χ4v) is 3.52. The van der Waals surface area contributed by atoms with E-state index in [2.05, 4.69) is 17.6 Å². The maximum absolute atomic E-state index is 13.8. The number of amides is 4. The molecule has 8 heteroatoms. The van der Waals surface area contributed by atoms with Gasteiger partial charge >= 0.3 is 6.03 Å². The molecular weight excluding hydrogens is 349 g/mol. The van der Waals surface area contributed by atoms with Crippen molar-refractivity contribution < 1.29 is 18.8 Å². The average Bonchev–Trinajstić information content (AvgIpc) is 2.79. The normalized spacial score (nSPS) is 26.0. The number of imide groups is 1. The maximum atomic E-state index is 13.8. The highest BCUT2D eigenvalue weighted by Gasteiger charge is 2.52. The van der Waals surface area contributed by atoms with E-state index in [0.29, 0.717) is 18.8 Å². The molecular formula is C17H19ClFN3O3. The van der Waals surface area contributed by atoms with Crippen molar-refractivity contribution in [2.75, 3.05) is 11.9 Å². The Bertz CT molecular complexity index is 732. The fraction of sp³-hybridized carbons (Fsp3) is 0.471. The minimum absolute atomic E-state index is 0.0919. The molecule has 1 aromatic carbocycles. The zero-order valence-corrected chi connectivity index (χ0v) is 14.5. The van der Waals surface area contributed by atoms with Crippen molar-refractivity contribution in [3.05, 3.63) is 29.0 Å². The lowest BCUT2D eigenvalue weighted by molar-refractivity contribution is -0.135. The molecule has 4 amide bonds. The van der Waals surface area contributed by atoms with Crippen molar-refractivity contribution in [3.63, 3.8) is 0 Å². The Morgan fingerprint density at radius 3 is 2.76 bits per heavy atom. The van der Waals surface area contributed by atoms with Gasteiger partial charge in [-0.3, -0.25) is 14.5 Å². The highest BCUT2D eigenvalue weighted by molar-refractivity contribution is 6.31. The third kappa shape index (κ3) is 3.33. The smallest absolute Gasteiger partial charge is 0.323 e. The topological polar surface area (TPSA) is 78.5 Å². The molecule has 1 spiro atoms. The van der Waals surface area contributed by atoms with Gasteiger partial charge in [-0.1, -0.05) is 24.6 Å². The molecule has 0 unspecified atom stereocenters. The Morgan fingerprint density at radius 1 is 1.40 bits per heavy atom. The van der Waals surface area contributed by atoms with Gasteiger partial charge in [0.05, 0.1) is 10.7 Å². The van der Waals surface area contributed by atoms with Crippen molar-refractivity contribution in [3.8, 4) is 0 Å². The molecule has 1 aliphatic heterocycles. The van der Waals surface area contributed by atoms with E-state index in [0.717, 1.165) is 17.7 Å². The van der Waals surface area contributed by atoms with Crippen LogP contribution in [0.25, 0.3) is 0 Å². The number of benzene rings is 1. The van der Waals surface area contributed by atoms with Crippen LogP contribution in [0.2, 0.25) is 5.02 Å². The van der Waals surface area contributed by atoms with Gasteiger partial charge in [-0.15, -0.1) is 0 Å². The first-order valence-electron chi connectivity index (χ1n) is 8.20. The minimum Gasteiger partial charge on any atom is -0.323 e. The van der Waals surface area contributed by atoms with Crippen LogP contribution in [0.1, 0.15) is 32.6 Å². The third-order valence-corrected chi connectivity index (χ3v) is 5.19. The van der Waals surface area contributed by atoms with Gasteiger partial charge in [-0.2, -0.15) is 0 Å². The molecule has 2 N–H and O–H groups in total. The first-order valence-corrected chi connectivity index (χ1v) is 8.58. The van der Waals surface area contributed by atoms with Gasteiger partial charge in [-0.25, -0.2) is 9.18 Å². The zero-order valence-electron chi connectivity index (χ0n) is 13.8. The van der Waals surface area contributed by atoms with Crippen molar-refractivity contribution in [2.24, 2.45) is 5.92 Å². The Kier molecular flexibility index (Phi) is 4.69. The first-order chi connectivity index (χ1) is 11.8. The molecule has 0 aromatic heterocycles. The third-order valence-electron chi connectivity index (χ3n) is 4.90. The summed E-state index contributed by atoms with van der Waals surface area (Å²) in [6.07, 6.45) is 2.83. The van der Waals surface area contributed by atoms with Crippen LogP contribution < -0.4 is 10.6 Å². The van der Waals surface area contributed by atoms with Crippen LogP contribution in [0.5, 0.6) is 0 Å². The van der Waals surface area contributed by atoms with Gasteiger partial charge in [0, 0.05) is 0 Å². The highest BCUT2D eigenvalue weighted by atomic mass is 35.5. The summed E-state index contributed by atoms with van der Waals surface area (Å²) in [5.41, 5.74) is -0.990. The van der Waals surface area contributed by atoms with Crippen LogP contribution in [0.15, 0.2) is 18.2 Å². The predicted octanol–water partition coefficient (Wildman–Crippen LogP) is 2.92. The Hall–Kier alpha value is -2.15. The lowest BCUT2D eigenvalue weighted by Gasteiger charge is -2.33. The van der Waals surface area contributed by atoms with Gasteiger partial charge in [0.25, 0.3) is 5.91 Å². The molecule has 6 nitrogen and oxygen atoms in total. The van der Waals surface area contributed by atoms with Crippen molar-refractivity contribution in [1.82, 2.24) is 10.2 Å². The molecule has 0 radical (unpaired) electrons. The molecule has 1 aliphatic carbocycles. The van der Waals surface area contributed by atoms with Gasteiger partial charge < -0.3 is 10.6 Å². The summed E-state index contributed by atoms with van der Waals surface area (Å²) in [4.78, 5) is 37.9. The number of hydrogen-bond acceptors (Lipinski definition) is 3. The molecule has 1 heterocycles. The van der Waals surface area contributed by atoms with Gasteiger partial charge in [0.2, 0.25) is 5.91 Å². The van der Waals surface area contributed by atoms with E-state index in [1.807, 2.05) is 0 Å². The number of halogens is 2. The summed E-state index contributed by atoms with van der Waals surface area (Å²) in [6, 6.07) is 3.63.